The van der Waals surface area contributed by atoms with E-state index in [-0.39, 0.29) is 11.6 Å². The minimum Gasteiger partial charge on any atom is -0.434 e. The van der Waals surface area contributed by atoms with Crippen molar-refractivity contribution >= 4 is 11.4 Å². The lowest BCUT2D eigenvalue weighted by Crippen LogP contribution is -2.17. The smallest absolute Gasteiger partial charge is 0.331 e. The summed E-state index contributed by atoms with van der Waals surface area (Å²) in [5.41, 5.74) is 0.938. The van der Waals surface area contributed by atoms with Crippen LogP contribution in [0.1, 0.15) is 12.8 Å². The number of aromatic nitrogens is 1. The minimum absolute atomic E-state index is 0.0149. The predicted molar refractivity (Wildman–Crippen MR) is 78.9 cm³/mol. The molecule has 0 bridgehead atoms. The second-order valence-corrected chi connectivity index (χ2v) is 4.88. The first kappa shape index (κ1) is 13.4. The Morgan fingerprint density at radius 1 is 1.19 bits per heavy atom. The number of nitrogens with zero attached hydrogens (tertiary/aromatic N) is 3. The lowest BCUT2D eigenvalue weighted by Gasteiger charge is -2.18. The Morgan fingerprint density at radius 2 is 2.00 bits per heavy atom. The molecule has 0 atom stereocenters. The van der Waals surface area contributed by atoms with Crippen molar-refractivity contribution in [1.29, 1.82) is 0 Å². The molecule has 1 aliphatic rings. The highest BCUT2D eigenvalue weighted by Gasteiger charge is 2.17. The van der Waals surface area contributed by atoms with Crippen molar-refractivity contribution < 1.29 is 9.66 Å². The first-order chi connectivity index (χ1) is 10.2. The molecule has 1 aromatic carbocycles. The third-order valence-corrected chi connectivity index (χ3v) is 3.45. The molecule has 0 spiro atoms. The Morgan fingerprint density at radius 3 is 2.76 bits per heavy atom. The number of hydrogen-bond donors (Lipinski definition) is 0. The lowest BCUT2D eigenvalue weighted by molar-refractivity contribution is -0.386. The summed E-state index contributed by atoms with van der Waals surface area (Å²) in [6, 6.07) is 10.5. The zero-order valence-electron chi connectivity index (χ0n) is 11.4. The fourth-order valence-corrected chi connectivity index (χ4v) is 2.43. The zero-order chi connectivity index (χ0) is 14.7. The maximum absolute atomic E-state index is 11.0. The van der Waals surface area contributed by atoms with E-state index in [1.807, 2.05) is 18.2 Å². The molecule has 6 heteroatoms. The molecule has 108 valence electrons. The zero-order valence-corrected chi connectivity index (χ0v) is 11.4. The van der Waals surface area contributed by atoms with Crippen LogP contribution in [0.2, 0.25) is 0 Å². The maximum atomic E-state index is 11.0. The molecule has 0 amide bonds. The lowest BCUT2D eigenvalue weighted by atomic mass is 10.3. The Hall–Kier alpha value is -2.63. The number of hydrogen-bond acceptors (Lipinski definition) is 5. The van der Waals surface area contributed by atoms with Gasteiger partial charge < -0.3 is 9.64 Å². The Bertz CT molecular complexity index is 654. The third-order valence-electron chi connectivity index (χ3n) is 3.45. The number of rotatable bonds is 4. The van der Waals surface area contributed by atoms with E-state index < -0.39 is 4.92 Å². The molecule has 2 aromatic rings. The maximum Gasteiger partial charge on any atom is 0.331 e. The van der Waals surface area contributed by atoms with E-state index in [2.05, 4.69) is 9.88 Å². The van der Waals surface area contributed by atoms with Crippen LogP contribution in [0.5, 0.6) is 11.6 Å². The van der Waals surface area contributed by atoms with E-state index in [1.165, 1.54) is 31.2 Å². The van der Waals surface area contributed by atoms with Gasteiger partial charge >= 0.3 is 5.69 Å². The van der Waals surface area contributed by atoms with Gasteiger partial charge in [0.25, 0.3) is 5.88 Å². The normalized spacial score (nSPS) is 14.2. The Balaban J connectivity index is 1.85. The van der Waals surface area contributed by atoms with Gasteiger partial charge in [0.15, 0.2) is 0 Å². The van der Waals surface area contributed by atoms with Gasteiger partial charge in [-0.2, -0.15) is 0 Å². The average molecular weight is 285 g/mol. The minimum atomic E-state index is -0.493. The molecule has 1 fully saturated rings. The SMILES string of the molecule is O=[N+]([O-])c1cccnc1Oc1cccc(N2CCCC2)c1. The third kappa shape index (κ3) is 2.94. The Labute approximate surface area is 122 Å². The van der Waals surface area contributed by atoms with E-state index in [0.29, 0.717) is 5.75 Å². The van der Waals surface area contributed by atoms with Crippen molar-refractivity contribution in [3.63, 3.8) is 0 Å². The molecule has 0 unspecified atom stereocenters. The number of nitro groups is 1. The summed E-state index contributed by atoms with van der Waals surface area (Å²) in [5.74, 6) is 0.572. The van der Waals surface area contributed by atoms with Gasteiger partial charge in [-0.25, -0.2) is 4.98 Å². The quantitative estimate of drug-likeness (QED) is 0.636. The van der Waals surface area contributed by atoms with Crippen LogP contribution in [0.4, 0.5) is 11.4 Å². The van der Waals surface area contributed by atoms with Crippen LogP contribution in [-0.2, 0) is 0 Å². The van der Waals surface area contributed by atoms with Crippen molar-refractivity contribution in [3.05, 3.63) is 52.7 Å². The molecular weight excluding hydrogens is 270 g/mol. The molecule has 0 radical (unpaired) electrons. The van der Waals surface area contributed by atoms with Crippen LogP contribution in [-0.4, -0.2) is 23.0 Å². The summed E-state index contributed by atoms with van der Waals surface area (Å²) < 4.78 is 5.59. The van der Waals surface area contributed by atoms with Crippen molar-refractivity contribution in [1.82, 2.24) is 4.98 Å². The predicted octanol–water partition coefficient (Wildman–Crippen LogP) is 3.38. The molecule has 1 saturated heterocycles. The topological polar surface area (TPSA) is 68.5 Å². The molecule has 1 aliphatic heterocycles. The standard InChI is InChI=1S/C15H15N3O3/c19-18(20)14-7-4-8-16-15(14)21-13-6-3-5-12(11-13)17-9-1-2-10-17/h3-8,11H,1-2,9-10H2. The summed E-state index contributed by atoms with van der Waals surface area (Å²) in [7, 11) is 0. The second-order valence-electron chi connectivity index (χ2n) is 4.88. The van der Waals surface area contributed by atoms with Gasteiger partial charge in [0.2, 0.25) is 0 Å². The van der Waals surface area contributed by atoms with Gasteiger partial charge in [-0.1, -0.05) is 6.07 Å². The number of pyridine rings is 1. The van der Waals surface area contributed by atoms with E-state index in [4.69, 9.17) is 4.74 Å². The van der Waals surface area contributed by atoms with Crippen LogP contribution in [0.25, 0.3) is 0 Å². The highest BCUT2D eigenvalue weighted by Crippen LogP contribution is 2.31. The molecule has 1 aromatic heterocycles. The molecule has 3 rings (SSSR count). The first-order valence-corrected chi connectivity index (χ1v) is 6.86. The summed E-state index contributed by atoms with van der Waals surface area (Å²) in [6.07, 6.45) is 3.86. The number of benzene rings is 1. The number of ether oxygens (including phenoxy) is 1. The Kier molecular flexibility index (Phi) is 3.68. The van der Waals surface area contributed by atoms with Crippen molar-refractivity contribution in [2.24, 2.45) is 0 Å². The van der Waals surface area contributed by atoms with Crippen LogP contribution >= 0.6 is 0 Å². The van der Waals surface area contributed by atoms with E-state index >= 15 is 0 Å². The highest BCUT2D eigenvalue weighted by atomic mass is 16.6. The molecule has 21 heavy (non-hydrogen) atoms. The molecule has 6 nitrogen and oxygen atoms in total. The summed E-state index contributed by atoms with van der Waals surface area (Å²) in [4.78, 5) is 16.7. The van der Waals surface area contributed by atoms with Crippen LogP contribution < -0.4 is 9.64 Å². The monoisotopic (exact) mass is 285 g/mol. The van der Waals surface area contributed by atoms with E-state index in [9.17, 15) is 10.1 Å². The largest absolute Gasteiger partial charge is 0.434 e. The molecule has 0 saturated carbocycles. The molecule has 0 N–H and O–H groups in total. The second kappa shape index (κ2) is 5.78. The van der Waals surface area contributed by atoms with Gasteiger partial charge in [0, 0.05) is 37.1 Å². The first-order valence-electron chi connectivity index (χ1n) is 6.86. The average Bonchev–Trinajstić information content (AvgIpc) is 3.02. The van der Waals surface area contributed by atoms with Gasteiger partial charge in [0.1, 0.15) is 5.75 Å². The van der Waals surface area contributed by atoms with Gasteiger partial charge in [-0.05, 0) is 31.0 Å². The van der Waals surface area contributed by atoms with Crippen LogP contribution in [0.15, 0.2) is 42.6 Å². The molecular formula is C15H15N3O3. The molecule has 0 aliphatic carbocycles. The molecule has 2 heterocycles. The van der Waals surface area contributed by atoms with Gasteiger partial charge in [-0.15, -0.1) is 0 Å². The van der Waals surface area contributed by atoms with Crippen molar-refractivity contribution in [2.45, 2.75) is 12.8 Å². The number of anilines is 1. The fourth-order valence-electron chi connectivity index (χ4n) is 2.43. The van der Waals surface area contributed by atoms with Crippen LogP contribution in [0, 0.1) is 10.1 Å². The summed E-state index contributed by atoms with van der Waals surface area (Å²) in [6.45, 7) is 2.07. The van der Waals surface area contributed by atoms with Crippen molar-refractivity contribution in [2.75, 3.05) is 18.0 Å². The van der Waals surface area contributed by atoms with Gasteiger partial charge in [0.05, 0.1) is 4.92 Å². The van der Waals surface area contributed by atoms with E-state index in [1.54, 1.807) is 6.07 Å². The van der Waals surface area contributed by atoms with Gasteiger partial charge in [-0.3, -0.25) is 10.1 Å². The fraction of sp³-hybridized carbons (Fsp3) is 0.267. The van der Waals surface area contributed by atoms with Crippen LogP contribution in [0.3, 0.4) is 0 Å². The summed E-state index contributed by atoms with van der Waals surface area (Å²) in [5, 5.41) is 11.0. The van der Waals surface area contributed by atoms with Crippen molar-refractivity contribution in [3.8, 4) is 11.6 Å². The van der Waals surface area contributed by atoms with E-state index in [0.717, 1.165) is 18.8 Å². The highest BCUT2D eigenvalue weighted by molar-refractivity contribution is 5.52. The summed E-state index contributed by atoms with van der Waals surface area (Å²) >= 11 is 0.